The van der Waals surface area contributed by atoms with Crippen LogP contribution in [0.1, 0.15) is 27.1 Å². The lowest BCUT2D eigenvalue weighted by Crippen LogP contribution is -2.50. The number of amides is 2. The van der Waals surface area contributed by atoms with E-state index in [0.29, 0.717) is 5.75 Å². The molecule has 0 radical (unpaired) electrons. The van der Waals surface area contributed by atoms with Crippen LogP contribution in [-0.2, 0) is 4.79 Å². The monoisotopic (exact) mass is 278 g/mol. The van der Waals surface area contributed by atoms with E-state index in [2.05, 4.69) is 0 Å². The van der Waals surface area contributed by atoms with E-state index in [1.807, 2.05) is 6.26 Å². The highest BCUT2D eigenvalue weighted by molar-refractivity contribution is 7.98. The molecular weight excluding hydrogens is 266 g/mol. The van der Waals surface area contributed by atoms with Gasteiger partial charge in [0, 0.05) is 0 Å². The van der Waals surface area contributed by atoms with E-state index in [1.54, 1.807) is 12.1 Å². The van der Waals surface area contributed by atoms with Crippen LogP contribution in [0.15, 0.2) is 24.3 Å². The zero-order valence-corrected chi connectivity index (χ0v) is 11.1. The molecule has 0 aliphatic carbocycles. The smallest absolute Gasteiger partial charge is 0.262 e. The maximum absolute atomic E-state index is 12.1. The molecule has 2 rings (SSSR count). The zero-order chi connectivity index (χ0) is 14.0. The van der Waals surface area contributed by atoms with Gasteiger partial charge in [-0.3, -0.25) is 14.5 Å². The molecule has 1 aliphatic rings. The topological polar surface area (TPSA) is 77.5 Å². The fourth-order valence-electron chi connectivity index (χ4n) is 2.07. The van der Waals surface area contributed by atoms with Gasteiger partial charge >= 0.3 is 0 Å². The minimum atomic E-state index is -1.40. The van der Waals surface area contributed by atoms with Crippen LogP contribution in [0.5, 0.6) is 0 Å². The van der Waals surface area contributed by atoms with Gasteiger partial charge in [0.05, 0.1) is 23.1 Å². The molecule has 1 aromatic carbocycles. The largest absolute Gasteiger partial charge is 0.548 e. The number of carboxylic acids is 1. The van der Waals surface area contributed by atoms with E-state index in [0.717, 1.165) is 4.90 Å². The van der Waals surface area contributed by atoms with Gasteiger partial charge in [0.2, 0.25) is 0 Å². The molecule has 0 fully saturated rings. The highest BCUT2D eigenvalue weighted by atomic mass is 32.2. The molecule has 0 spiro atoms. The third kappa shape index (κ3) is 2.35. The molecule has 1 atom stereocenters. The highest BCUT2D eigenvalue weighted by Crippen LogP contribution is 2.25. The lowest BCUT2D eigenvalue weighted by molar-refractivity contribution is -0.310. The van der Waals surface area contributed by atoms with Gasteiger partial charge in [-0.2, -0.15) is 11.8 Å². The van der Waals surface area contributed by atoms with Crippen molar-refractivity contribution in [2.75, 3.05) is 12.0 Å². The molecule has 6 heteroatoms. The van der Waals surface area contributed by atoms with Gasteiger partial charge in [-0.15, -0.1) is 0 Å². The van der Waals surface area contributed by atoms with Gasteiger partial charge in [-0.1, -0.05) is 12.1 Å². The van der Waals surface area contributed by atoms with Crippen LogP contribution in [0.4, 0.5) is 0 Å². The van der Waals surface area contributed by atoms with Crippen LogP contribution in [0.3, 0.4) is 0 Å². The number of carboxylic acid groups (broad SMARTS) is 1. The second-order valence-electron chi connectivity index (χ2n) is 4.14. The summed E-state index contributed by atoms with van der Waals surface area (Å²) in [6, 6.07) is 5.12. The Morgan fingerprint density at radius 2 is 1.79 bits per heavy atom. The van der Waals surface area contributed by atoms with Crippen LogP contribution >= 0.6 is 11.8 Å². The number of hydrogen-bond acceptors (Lipinski definition) is 5. The van der Waals surface area contributed by atoms with E-state index in [-0.39, 0.29) is 17.5 Å². The summed E-state index contributed by atoms with van der Waals surface area (Å²) >= 11 is 1.45. The summed E-state index contributed by atoms with van der Waals surface area (Å²) in [6.07, 6.45) is 2.02. The summed E-state index contributed by atoms with van der Waals surface area (Å²) < 4.78 is 0. The maximum atomic E-state index is 12.1. The summed E-state index contributed by atoms with van der Waals surface area (Å²) in [5.41, 5.74) is 0.505. The van der Waals surface area contributed by atoms with Crippen molar-refractivity contribution in [1.29, 1.82) is 0 Å². The first-order chi connectivity index (χ1) is 9.07. The normalized spacial score (nSPS) is 15.5. The Bertz CT molecular complexity index is 508. The predicted octanol–water partition coefficient (Wildman–Crippen LogP) is 0.154. The first-order valence-corrected chi connectivity index (χ1v) is 7.14. The molecular formula is C13H12NO4S-. The fraction of sp³-hybridized carbons (Fsp3) is 0.308. The summed E-state index contributed by atoms with van der Waals surface area (Å²) in [4.78, 5) is 36.2. The van der Waals surface area contributed by atoms with Crippen molar-refractivity contribution in [3.63, 3.8) is 0 Å². The first kappa shape index (κ1) is 13.6. The molecule has 0 N–H and O–H groups in total. The van der Waals surface area contributed by atoms with Gasteiger partial charge < -0.3 is 9.90 Å². The van der Waals surface area contributed by atoms with E-state index in [4.69, 9.17) is 0 Å². The SMILES string of the molecule is CSCC[C@H](C(=O)[O-])N1C(=O)c2ccccc2C1=O. The second kappa shape index (κ2) is 5.44. The number of benzene rings is 1. The number of fused-ring (bicyclic) bond motifs is 1. The molecule has 1 heterocycles. The third-order valence-electron chi connectivity index (χ3n) is 3.00. The quantitative estimate of drug-likeness (QED) is 0.717. The fourth-order valence-corrected chi connectivity index (χ4v) is 2.53. The van der Waals surface area contributed by atoms with Crippen LogP contribution < -0.4 is 5.11 Å². The number of hydrogen-bond donors (Lipinski definition) is 0. The Labute approximate surface area is 114 Å². The van der Waals surface area contributed by atoms with Crippen molar-refractivity contribution in [1.82, 2.24) is 4.90 Å². The molecule has 1 aromatic rings. The van der Waals surface area contributed by atoms with Crippen molar-refractivity contribution in [3.05, 3.63) is 35.4 Å². The van der Waals surface area contributed by atoms with Crippen molar-refractivity contribution < 1.29 is 19.5 Å². The lowest BCUT2D eigenvalue weighted by Gasteiger charge is -2.26. The van der Waals surface area contributed by atoms with Crippen molar-refractivity contribution in [3.8, 4) is 0 Å². The number of imide groups is 1. The van der Waals surface area contributed by atoms with E-state index < -0.39 is 23.8 Å². The van der Waals surface area contributed by atoms with Gasteiger partial charge in [0.25, 0.3) is 11.8 Å². The summed E-state index contributed by atoms with van der Waals surface area (Å²) in [7, 11) is 0. The van der Waals surface area contributed by atoms with Crippen LogP contribution in [0, 0.1) is 0 Å². The molecule has 2 amide bonds. The molecule has 19 heavy (non-hydrogen) atoms. The van der Waals surface area contributed by atoms with Crippen LogP contribution in [-0.4, -0.2) is 40.7 Å². The molecule has 0 bridgehead atoms. The molecule has 5 nitrogen and oxygen atoms in total. The third-order valence-corrected chi connectivity index (χ3v) is 3.65. The maximum Gasteiger partial charge on any atom is 0.262 e. The summed E-state index contributed by atoms with van der Waals surface area (Å²) in [5, 5.41) is 11.2. The molecule has 0 unspecified atom stereocenters. The number of carbonyl (C=O) groups is 3. The minimum absolute atomic E-state index is 0.189. The van der Waals surface area contributed by atoms with Gasteiger partial charge in [-0.25, -0.2) is 0 Å². The van der Waals surface area contributed by atoms with Crippen LogP contribution in [0.2, 0.25) is 0 Å². The zero-order valence-electron chi connectivity index (χ0n) is 10.3. The Kier molecular flexibility index (Phi) is 3.90. The van der Waals surface area contributed by atoms with Gasteiger partial charge in [0.15, 0.2) is 0 Å². The second-order valence-corrected chi connectivity index (χ2v) is 5.13. The highest BCUT2D eigenvalue weighted by Gasteiger charge is 2.39. The average molecular weight is 278 g/mol. The molecule has 0 saturated carbocycles. The molecule has 0 saturated heterocycles. The number of nitrogens with zero attached hydrogens (tertiary/aromatic N) is 1. The summed E-state index contributed by atoms with van der Waals surface area (Å²) in [5.74, 6) is -1.98. The lowest BCUT2D eigenvalue weighted by atomic mass is 10.1. The molecule has 100 valence electrons. The van der Waals surface area contributed by atoms with Crippen molar-refractivity contribution in [2.45, 2.75) is 12.5 Å². The average Bonchev–Trinajstić information content (AvgIpc) is 2.64. The Balaban J connectivity index is 2.33. The number of rotatable bonds is 5. The predicted molar refractivity (Wildman–Crippen MR) is 68.7 cm³/mol. The van der Waals surface area contributed by atoms with Gasteiger partial charge in [0.1, 0.15) is 0 Å². The molecule has 1 aliphatic heterocycles. The van der Waals surface area contributed by atoms with Crippen molar-refractivity contribution in [2.24, 2.45) is 0 Å². The Morgan fingerprint density at radius 1 is 1.26 bits per heavy atom. The molecule has 0 aromatic heterocycles. The first-order valence-electron chi connectivity index (χ1n) is 5.74. The number of thioether (sulfide) groups is 1. The standard InChI is InChI=1S/C13H13NO4S/c1-19-7-6-10(13(17)18)14-11(15)8-4-2-3-5-9(8)12(14)16/h2-5,10H,6-7H2,1H3,(H,17,18)/p-1/t10-/m1/s1. The van der Waals surface area contributed by atoms with E-state index in [1.165, 1.54) is 23.9 Å². The van der Waals surface area contributed by atoms with E-state index in [9.17, 15) is 19.5 Å². The number of aliphatic carboxylic acids is 1. The Hall–Kier alpha value is -1.82. The van der Waals surface area contributed by atoms with E-state index >= 15 is 0 Å². The van der Waals surface area contributed by atoms with Crippen molar-refractivity contribution >= 4 is 29.5 Å². The Morgan fingerprint density at radius 3 is 2.21 bits per heavy atom. The van der Waals surface area contributed by atoms with Crippen LogP contribution in [0.25, 0.3) is 0 Å². The number of carbonyl (C=O) groups excluding carboxylic acids is 3. The van der Waals surface area contributed by atoms with Gasteiger partial charge in [-0.05, 0) is 30.6 Å². The minimum Gasteiger partial charge on any atom is -0.548 e. The summed E-state index contributed by atoms with van der Waals surface area (Å²) in [6.45, 7) is 0.